The van der Waals surface area contributed by atoms with Gasteiger partial charge in [-0.15, -0.1) is 24.0 Å². The summed E-state index contributed by atoms with van der Waals surface area (Å²) in [7, 11) is 0. The molecule has 1 saturated heterocycles. The van der Waals surface area contributed by atoms with E-state index < -0.39 is 0 Å². The topological polar surface area (TPSA) is 72.8 Å². The molecule has 6 nitrogen and oxygen atoms in total. The van der Waals surface area contributed by atoms with Crippen molar-refractivity contribution in [2.45, 2.75) is 52.0 Å². The summed E-state index contributed by atoms with van der Waals surface area (Å²) in [6, 6.07) is 6.52. The number of aliphatic hydroxyl groups is 1. The number of piperidine rings is 1. The first-order chi connectivity index (χ1) is 12.8. The molecule has 7 heteroatoms. The summed E-state index contributed by atoms with van der Waals surface area (Å²) in [5, 5.41) is 16.2. The molecule has 1 unspecified atom stereocenters. The minimum Gasteiger partial charge on any atom is -0.396 e. The molecule has 1 atom stereocenters. The van der Waals surface area contributed by atoms with Crippen molar-refractivity contribution in [1.29, 1.82) is 0 Å². The zero-order chi connectivity index (χ0) is 18.6. The first-order valence-corrected chi connectivity index (χ1v) is 10.1. The van der Waals surface area contributed by atoms with Crippen LogP contribution >= 0.6 is 24.0 Å². The quantitative estimate of drug-likeness (QED) is 0.283. The smallest absolute Gasteiger partial charge is 0.191 e. The lowest BCUT2D eigenvalue weighted by molar-refractivity contribution is 0.253. The van der Waals surface area contributed by atoms with E-state index in [1.54, 1.807) is 0 Å². The van der Waals surface area contributed by atoms with E-state index in [2.05, 4.69) is 40.4 Å². The van der Waals surface area contributed by atoms with E-state index in [9.17, 15) is 5.11 Å². The highest BCUT2D eigenvalue weighted by Crippen LogP contribution is 2.17. The van der Waals surface area contributed by atoms with E-state index >= 15 is 0 Å². The molecule has 2 rings (SSSR count). The van der Waals surface area contributed by atoms with Gasteiger partial charge in [0.25, 0.3) is 0 Å². The minimum atomic E-state index is 0. The molecular formula is C20H36IN5O. The fraction of sp³-hybridized carbons (Fsp3) is 0.700. The lowest BCUT2D eigenvalue weighted by Gasteiger charge is -2.33. The molecule has 1 aliphatic heterocycles. The molecule has 154 valence electrons. The fourth-order valence-corrected chi connectivity index (χ4v) is 3.45. The van der Waals surface area contributed by atoms with Crippen LogP contribution in [-0.4, -0.2) is 54.9 Å². The number of aliphatic hydroxyl groups excluding tert-OH is 1. The average molecular weight is 489 g/mol. The van der Waals surface area contributed by atoms with E-state index in [1.165, 1.54) is 0 Å². The monoisotopic (exact) mass is 489 g/mol. The van der Waals surface area contributed by atoms with E-state index in [0.29, 0.717) is 12.0 Å². The fourth-order valence-electron chi connectivity index (χ4n) is 3.45. The Labute approximate surface area is 181 Å². The highest BCUT2D eigenvalue weighted by Gasteiger charge is 2.20. The van der Waals surface area contributed by atoms with Crippen molar-refractivity contribution in [3.05, 3.63) is 24.4 Å². The maximum absolute atomic E-state index is 9.22. The van der Waals surface area contributed by atoms with Gasteiger partial charge in [-0.25, -0.2) is 4.98 Å². The molecular weight excluding hydrogens is 453 g/mol. The van der Waals surface area contributed by atoms with Crippen LogP contribution in [0.3, 0.4) is 0 Å². The van der Waals surface area contributed by atoms with Crippen molar-refractivity contribution in [3.8, 4) is 0 Å². The molecule has 1 aliphatic rings. The first kappa shape index (κ1) is 23.9. The second kappa shape index (κ2) is 14.0. The predicted molar refractivity (Wildman–Crippen MR) is 124 cm³/mol. The molecule has 1 aromatic heterocycles. The molecule has 0 aliphatic carbocycles. The third kappa shape index (κ3) is 8.64. The summed E-state index contributed by atoms with van der Waals surface area (Å²) < 4.78 is 0. The van der Waals surface area contributed by atoms with Crippen LogP contribution in [0.25, 0.3) is 0 Å². The number of nitrogens with zero attached hydrogens (tertiary/aromatic N) is 3. The molecule has 0 aromatic carbocycles. The van der Waals surface area contributed by atoms with Gasteiger partial charge in [-0.05, 0) is 50.7 Å². The zero-order valence-corrected chi connectivity index (χ0v) is 19.1. The summed E-state index contributed by atoms with van der Waals surface area (Å²) in [5.74, 6) is 2.44. The lowest BCUT2D eigenvalue weighted by Crippen LogP contribution is -2.49. The average Bonchev–Trinajstić information content (AvgIpc) is 2.68. The third-order valence-corrected chi connectivity index (χ3v) is 4.90. The number of guanidine groups is 1. The second-order valence-corrected chi connectivity index (χ2v) is 6.98. The van der Waals surface area contributed by atoms with Crippen LogP contribution in [0.2, 0.25) is 0 Å². The standard InChI is InChI=1S/C20H35N5O.HI/c1-3-7-17(11-15-26)16-23-20(21-4-2)24-18-9-13-25(14-10-18)19-8-5-6-12-22-19;/h5-6,8,12,17-18,26H,3-4,7,9-11,13-16H2,1-2H3,(H2,21,23,24);1H. The van der Waals surface area contributed by atoms with Gasteiger partial charge in [0.2, 0.25) is 0 Å². The minimum absolute atomic E-state index is 0. The number of aliphatic imine (C=N–C) groups is 1. The van der Waals surface area contributed by atoms with E-state index in [4.69, 9.17) is 4.99 Å². The molecule has 27 heavy (non-hydrogen) atoms. The number of pyridine rings is 1. The number of hydrogen-bond acceptors (Lipinski definition) is 4. The summed E-state index contributed by atoms with van der Waals surface area (Å²) in [6.45, 7) is 8.18. The summed E-state index contributed by atoms with van der Waals surface area (Å²) in [6.07, 6.45) is 7.10. The number of hydrogen-bond donors (Lipinski definition) is 3. The molecule has 3 N–H and O–H groups in total. The highest BCUT2D eigenvalue weighted by molar-refractivity contribution is 14.0. The molecule has 1 aromatic rings. The molecule has 1 fully saturated rings. The van der Waals surface area contributed by atoms with Gasteiger partial charge in [-0.1, -0.05) is 19.4 Å². The Morgan fingerprint density at radius 3 is 2.67 bits per heavy atom. The van der Waals surface area contributed by atoms with Gasteiger partial charge < -0.3 is 20.6 Å². The molecule has 2 heterocycles. The van der Waals surface area contributed by atoms with Crippen LogP contribution in [0.1, 0.15) is 46.0 Å². The van der Waals surface area contributed by atoms with Crippen LogP contribution < -0.4 is 15.5 Å². The lowest BCUT2D eigenvalue weighted by atomic mass is 10.0. The van der Waals surface area contributed by atoms with Crippen LogP contribution in [0.5, 0.6) is 0 Å². The number of halogens is 1. The van der Waals surface area contributed by atoms with Crippen molar-refractivity contribution >= 4 is 35.8 Å². The Morgan fingerprint density at radius 2 is 2.07 bits per heavy atom. The summed E-state index contributed by atoms with van der Waals surface area (Å²) in [5.41, 5.74) is 0. The van der Waals surface area contributed by atoms with Gasteiger partial charge in [-0.3, -0.25) is 4.99 Å². The Hall–Kier alpha value is -1.09. The number of anilines is 1. The van der Waals surface area contributed by atoms with Gasteiger partial charge >= 0.3 is 0 Å². The third-order valence-electron chi connectivity index (χ3n) is 4.90. The van der Waals surface area contributed by atoms with E-state index in [1.807, 2.05) is 18.3 Å². The predicted octanol–water partition coefficient (Wildman–Crippen LogP) is 3.02. The molecule has 0 radical (unpaired) electrons. The van der Waals surface area contributed by atoms with Gasteiger partial charge in [0, 0.05) is 45.0 Å². The van der Waals surface area contributed by atoms with Crippen molar-refractivity contribution < 1.29 is 5.11 Å². The van der Waals surface area contributed by atoms with E-state index in [-0.39, 0.29) is 30.6 Å². The summed E-state index contributed by atoms with van der Waals surface area (Å²) >= 11 is 0. The zero-order valence-electron chi connectivity index (χ0n) is 16.7. The Balaban J connectivity index is 0.00000364. The van der Waals surface area contributed by atoms with Crippen molar-refractivity contribution in [2.24, 2.45) is 10.9 Å². The largest absolute Gasteiger partial charge is 0.396 e. The highest BCUT2D eigenvalue weighted by atomic mass is 127. The second-order valence-electron chi connectivity index (χ2n) is 6.98. The maximum Gasteiger partial charge on any atom is 0.191 e. The van der Waals surface area contributed by atoms with Gasteiger partial charge in [0.15, 0.2) is 5.96 Å². The SMILES string of the molecule is CCCC(CCO)CN=C(NCC)NC1CCN(c2ccccn2)CC1.I. The van der Waals surface area contributed by atoms with Gasteiger partial charge in [0.05, 0.1) is 0 Å². The maximum atomic E-state index is 9.22. The van der Waals surface area contributed by atoms with Gasteiger partial charge in [-0.2, -0.15) is 0 Å². The molecule has 0 amide bonds. The normalized spacial score (nSPS) is 16.6. The molecule has 0 bridgehead atoms. The Kier molecular flexibility index (Phi) is 12.4. The summed E-state index contributed by atoms with van der Waals surface area (Å²) in [4.78, 5) is 11.6. The van der Waals surface area contributed by atoms with Crippen LogP contribution in [-0.2, 0) is 0 Å². The number of rotatable bonds is 9. The van der Waals surface area contributed by atoms with Crippen molar-refractivity contribution in [3.63, 3.8) is 0 Å². The Bertz CT molecular complexity index is 514. The van der Waals surface area contributed by atoms with E-state index in [0.717, 1.165) is 70.1 Å². The molecule has 0 saturated carbocycles. The number of nitrogens with one attached hydrogen (secondary N) is 2. The van der Waals surface area contributed by atoms with Gasteiger partial charge in [0.1, 0.15) is 5.82 Å². The van der Waals surface area contributed by atoms with Crippen LogP contribution in [0.15, 0.2) is 29.4 Å². The van der Waals surface area contributed by atoms with Crippen molar-refractivity contribution in [1.82, 2.24) is 15.6 Å². The molecule has 0 spiro atoms. The Morgan fingerprint density at radius 1 is 1.30 bits per heavy atom. The van der Waals surface area contributed by atoms with Crippen molar-refractivity contribution in [2.75, 3.05) is 37.7 Å². The number of aromatic nitrogens is 1. The first-order valence-electron chi connectivity index (χ1n) is 10.1. The van der Waals surface area contributed by atoms with Crippen LogP contribution in [0.4, 0.5) is 5.82 Å². The van der Waals surface area contributed by atoms with Crippen LogP contribution in [0, 0.1) is 5.92 Å².